The SMILES string of the molecule is CCCCCCCCCCCCCCCCCCC[CH2][Sn+3].CCCCCCCCCCCCCCCCCCC[CH2][Sn+3].[S-2].[S-2].[S-2]. The summed E-state index contributed by atoms with van der Waals surface area (Å²) < 4.78 is 2.93. The molecule has 0 heterocycles. The summed E-state index contributed by atoms with van der Waals surface area (Å²) in [5.41, 5.74) is 0. The normalized spacial score (nSPS) is 10.4. The van der Waals surface area contributed by atoms with E-state index in [9.17, 15) is 0 Å². The van der Waals surface area contributed by atoms with Crippen LogP contribution in [0.1, 0.15) is 245 Å². The standard InChI is InChI=1S/2C20H41.3S.2Sn/c2*1-3-5-7-9-11-13-15-17-19-20-18-16-14-12-10-8-6-4-2;;;;;/h2*1,3-20H2,2H3;;;;;/q;;3*-2;2*+3. The van der Waals surface area contributed by atoms with Crippen molar-refractivity contribution in [2.45, 2.75) is 254 Å². The van der Waals surface area contributed by atoms with Gasteiger partial charge < -0.3 is 40.5 Å². The maximum atomic E-state index is 2.30. The number of rotatable bonds is 36. The van der Waals surface area contributed by atoms with Crippen LogP contribution in [0.5, 0.6) is 0 Å². The summed E-state index contributed by atoms with van der Waals surface area (Å²) in [5, 5.41) is 0. The smallest absolute Gasteiger partial charge is 2.00 e. The van der Waals surface area contributed by atoms with Crippen molar-refractivity contribution in [2.75, 3.05) is 0 Å². The van der Waals surface area contributed by atoms with Crippen molar-refractivity contribution < 1.29 is 0 Å². The van der Waals surface area contributed by atoms with Crippen molar-refractivity contribution >= 4 is 85.5 Å². The van der Waals surface area contributed by atoms with Gasteiger partial charge in [-0.25, -0.2) is 0 Å². The van der Waals surface area contributed by atoms with Gasteiger partial charge >= 0.3 is 195 Å². The Kier molecular flexibility index (Phi) is 74.5. The summed E-state index contributed by atoms with van der Waals surface area (Å²) in [5.74, 6) is 0. The van der Waals surface area contributed by atoms with Gasteiger partial charge in [-0.05, 0) is 0 Å². The third-order valence-corrected chi connectivity index (χ3v) is 11.1. The first-order valence-corrected chi connectivity index (χ1v) is 24.2. The van der Waals surface area contributed by atoms with Crippen molar-refractivity contribution in [3.8, 4) is 0 Å². The molecule has 0 nitrogen and oxygen atoms in total. The van der Waals surface area contributed by atoms with Crippen molar-refractivity contribution in [3.05, 3.63) is 0 Å². The van der Waals surface area contributed by atoms with E-state index in [1.165, 1.54) is 240 Å². The zero-order chi connectivity index (χ0) is 30.9. The maximum absolute atomic E-state index is 2.30. The van der Waals surface area contributed by atoms with Gasteiger partial charge in [-0.1, -0.05) is 104 Å². The fourth-order valence-electron chi connectivity index (χ4n) is 6.05. The second-order valence-corrected chi connectivity index (χ2v) is 16.4. The summed E-state index contributed by atoms with van der Waals surface area (Å²) >= 11 is 3.45. The first-order valence-electron chi connectivity index (χ1n) is 20.1. The van der Waals surface area contributed by atoms with Crippen LogP contribution in [0.3, 0.4) is 0 Å². The molecule has 0 saturated carbocycles. The molecule has 0 rings (SSSR count). The average Bonchev–Trinajstić information content (AvgIpc) is 3.00. The predicted molar refractivity (Wildman–Crippen MR) is 221 cm³/mol. The van der Waals surface area contributed by atoms with Gasteiger partial charge in [0.05, 0.1) is 0 Å². The van der Waals surface area contributed by atoms with Gasteiger partial charge in [0, 0.05) is 0 Å². The second kappa shape index (κ2) is 58.8. The summed E-state index contributed by atoms with van der Waals surface area (Å²) in [6, 6.07) is 0. The molecule has 0 amide bonds. The van der Waals surface area contributed by atoms with Crippen LogP contribution in [0.15, 0.2) is 0 Å². The van der Waals surface area contributed by atoms with Gasteiger partial charge in [0.2, 0.25) is 0 Å². The Hall–Kier alpha value is 2.65. The molecule has 268 valence electrons. The second-order valence-electron chi connectivity index (χ2n) is 13.5. The van der Waals surface area contributed by atoms with Crippen LogP contribution < -0.4 is 0 Å². The predicted octanol–water partition coefficient (Wildman–Crippen LogP) is 15.2. The Bertz CT molecular complexity index is 352. The van der Waals surface area contributed by atoms with Crippen molar-refractivity contribution in [1.29, 1.82) is 0 Å². The molecule has 0 bridgehead atoms. The third-order valence-electron chi connectivity index (χ3n) is 9.06. The Morgan fingerprint density at radius 1 is 0.200 bits per heavy atom. The van der Waals surface area contributed by atoms with Crippen LogP contribution in [0.4, 0.5) is 0 Å². The summed E-state index contributed by atoms with van der Waals surface area (Å²) in [6.07, 6.45) is 53.3. The van der Waals surface area contributed by atoms with E-state index in [0.29, 0.717) is 0 Å². The third kappa shape index (κ3) is 62.3. The van der Waals surface area contributed by atoms with Gasteiger partial charge in [0.1, 0.15) is 0 Å². The Balaban J connectivity index is -0.000000222. The molecule has 0 aromatic heterocycles. The first kappa shape index (κ1) is 57.0. The number of hydrogen-bond donors (Lipinski definition) is 0. The molecule has 0 atom stereocenters. The fraction of sp³-hybridized carbons (Fsp3) is 1.00. The van der Waals surface area contributed by atoms with E-state index in [1.807, 2.05) is 0 Å². The van der Waals surface area contributed by atoms with Gasteiger partial charge in [-0.3, -0.25) is 0 Å². The minimum Gasteiger partial charge on any atom is -2.00 e. The zero-order valence-electron chi connectivity index (χ0n) is 31.1. The molecule has 5 heteroatoms. The van der Waals surface area contributed by atoms with Crippen LogP contribution >= 0.6 is 0 Å². The van der Waals surface area contributed by atoms with Crippen molar-refractivity contribution in [3.63, 3.8) is 0 Å². The molecule has 0 fully saturated rings. The molecule has 0 spiro atoms. The van der Waals surface area contributed by atoms with Gasteiger partial charge in [0.25, 0.3) is 0 Å². The molecule has 0 radical (unpaired) electrons. The topological polar surface area (TPSA) is 0 Å². The van der Waals surface area contributed by atoms with Crippen molar-refractivity contribution in [2.24, 2.45) is 0 Å². The van der Waals surface area contributed by atoms with Crippen LogP contribution in [-0.2, 0) is 40.5 Å². The van der Waals surface area contributed by atoms with E-state index < -0.39 is 0 Å². The van der Waals surface area contributed by atoms with E-state index in [-0.39, 0.29) is 40.5 Å². The Labute approximate surface area is 336 Å². The van der Waals surface area contributed by atoms with Crippen LogP contribution in [0.2, 0.25) is 8.87 Å². The fourth-order valence-corrected chi connectivity index (χ4v) is 7.48. The van der Waals surface area contributed by atoms with Gasteiger partial charge in [-0.2, -0.15) is 0 Å². The van der Waals surface area contributed by atoms with E-state index in [4.69, 9.17) is 0 Å². The quantitative estimate of drug-likeness (QED) is 0.0434. The summed E-state index contributed by atoms with van der Waals surface area (Å²) in [6.45, 7) is 4.60. The first-order chi connectivity index (χ1) is 20.8. The maximum Gasteiger partial charge on any atom is -2.00 e. The number of unbranched alkanes of at least 4 members (excludes halogenated alkanes) is 34. The van der Waals surface area contributed by atoms with E-state index in [1.54, 1.807) is 45.0 Å². The van der Waals surface area contributed by atoms with Gasteiger partial charge in [-0.15, -0.1) is 0 Å². The number of hydrogen-bond acceptors (Lipinski definition) is 0. The zero-order valence-corrected chi connectivity index (χ0v) is 39.3. The Morgan fingerprint density at radius 3 is 0.422 bits per heavy atom. The molecule has 0 aliphatic carbocycles. The average molecular weight is 897 g/mol. The minimum atomic E-state index is 0. The largest absolute Gasteiger partial charge is 2.00 e. The molecule has 0 aliphatic heterocycles. The molecule has 0 aromatic carbocycles. The molecular weight excluding hydrogens is 814 g/mol. The molecule has 0 aliphatic rings. The molecule has 0 saturated heterocycles. The van der Waals surface area contributed by atoms with Crippen LogP contribution in [-0.4, -0.2) is 45.0 Å². The monoisotopic (exact) mass is 898 g/mol. The molecule has 0 aromatic rings. The van der Waals surface area contributed by atoms with E-state index in [2.05, 4.69) is 13.8 Å². The van der Waals surface area contributed by atoms with Crippen molar-refractivity contribution in [1.82, 2.24) is 0 Å². The van der Waals surface area contributed by atoms with Crippen LogP contribution in [0.25, 0.3) is 0 Å². The Morgan fingerprint density at radius 2 is 0.311 bits per heavy atom. The minimum absolute atomic E-state index is 0. The molecule has 45 heavy (non-hydrogen) atoms. The molecule has 0 N–H and O–H groups in total. The van der Waals surface area contributed by atoms with Gasteiger partial charge in [0.15, 0.2) is 0 Å². The van der Waals surface area contributed by atoms with Crippen LogP contribution in [0, 0.1) is 0 Å². The van der Waals surface area contributed by atoms with E-state index in [0.717, 1.165) is 0 Å². The molecule has 0 unspecified atom stereocenters. The summed E-state index contributed by atoms with van der Waals surface area (Å²) in [7, 11) is 0. The summed E-state index contributed by atoms with van der Waals surface area (Å²) in [4.78, 5) is 0. The molecular formula is C40H82S3Sn2. The van der Waals surface area contributed by atoms with E-state index >= 15 is 0 Å².